The van der Waals surface area contributed by atoms with Crippen molar-refractivity contribution in [2.75, 3.05) is 5.75 Å². The molecule has 3 N–H and O–H groups in total. The van der Waals surface area contributed by atoms with Crippen LogP contribution in [0, 0.1) is 0 Å². The molecule has 1 radical (unpaired) electrons. The van der Waals surface area contributed by atoms with E-state index in [2.05, 4.69) is 12.6 Å². The van der Waals surface area contributed by atoms with Gasteiger partial charge in [0.2, 0.25) is 0 Å². The zero-order valence-electron chi connectivity index (χ0n) is 4.66. The van der Waals surface area contributed by atoms with Gasteiger partial charge in [-0.25, -0.2) is 0 Å². The van der Waals surface area contributed by atoms with E-state index in [1.165, 1.54) is 0 Å². The van der Waals surface area contributed by atoms with Gasteiger partial charge < -0.3 is 10.8 Å². The van der Waals surface area contributed by atoms with Gasteiger partial charge in [-0.05, 0) is 0 Å². The molecule has 0 unspecified atom stereocenters. The summed E-state index contributed by atoms with van der Waals surface area (Å²) in [6, 6.07) is -0.816. The molecule has 1 atom stereocenters. The summed E-state index contributed by atoms with van der Waals surface area (Å²) in [4.78, 5) is 9.76. The van der Waals surface area contributed by atoms with Gasteiger partial charge in [0, 0.05) is 24.6 Å². The standard InChI is InChI=1S/C3H7NO2S.Li/c4-2(1-7)3(5)6;/h2,7H,1,4H2,(H,5,6);/t2-;/m0./s1. The third-order valence-electron chi connectivity index (χ3n) is 0.514. The molecule has 0 bridgehead atoms. The molecule has 3 nitrogen and oxygen atoms in total. The van der Waals surface area contributed by atoms with Crippen molar-refractivity contribution in [1.82, 2.24) is 0 Å². The number of carboxylic acid groups (broad SMARTS) is 1. The predicted molar refractivity (Wildman–Crippen MR) is 35.2 cm³/mol. The van der Waals surface area contributed by atoms with E-state index in [0.717, 1.165) is 0 Å². The molecule has 0 aromatic heterocycles. The zero-order chi connectivity index (χ0) is 5.86. The Hall–Kier alpha value is 0.377. The average molecular weight is 128 g/mol. The van der Waals surface area contributed by atoms with Crippen molar-refractivity contribution in [3.05, 3.63) is 0 Å². The van der Waals surface area contributed by atoms with E-state index in [1.54, 1.807) is 0 Å². The normalized spacial score (nSPS) is 11.8. The maximum atomic E-state index is 9.76. The van der Waals surface area contributed by atoms with Crippen LogP contribution >= 0.6 is 12.6 Å². The number of thiol groups is 1. The van der Waals surface area contributed by atoms with Crippen molar-refractivity contribution in [3.63, 3.8) is 0 Å². The number of rotatable bonds is 2. The fraction of sp³-hybridized carbons (Fsp3) is 0.667. The first-order valence-electron chi connectivity index (χ1n) is 1.77. The van der Waals surface area contributed by atoms with Gasteiger partial charge in [-0.2, -0.15) is 12.6 Å². The van der Waals surface area contributed by atoms with Gasteiger partial charge in [-0.15, -0.1) is 0 Å². The van der Waals surface area contributed by atoms with Crippen molar-refractivity contribution >= 4 is 37.5 Å². The van der Waals surface area contributed by atoms with Crippen LogP contribution in [0.15, 0.2) is 0 Å². The number of carboxylic acids is 1. The van der Waals surface area contributed by atoms with Gasteiger partial charge in [0.25, 0.3) is 0 Å². The molecule has 43 valence electrons. The van der Waals surface area contributed by atoms with Crippen LogP contribution in [0.4, 0.5) is 0 Å². The molecule has 8 heavy (non-hydrogen) atoms. The molecular formula is C3H7LiNO2S. The Bertz CT molecular complexity index is 79.7. The second kappa shape index (κ2) is 5.51. The number of hydrogen-bond donors (Lipinski definition) is 3. The molecule has 0 rings (SSSR count). The van der Waals surface area contributed by atoms with Crippen LogP contribution in [0.1, 0.15) is 0 Å². The monoisotopic (exact) mass is 128 g/mol. The van der Waals surface area contributed by atoms with Gasteiger partial charge in [0.05, 0.1) is 0 Å². The van der Waals surface area contributed by atoms with E-state index in [4.69, 9.17) is 10.8 Å². The van der Waals surface area contributed by atoms with E-state index in [-0.39, 0.29) is 24.6 Å². The minimum atomic E-state index is -1.00. The summed E-state index contributed by atoms with van der Waals surface area (Å²) in [5.41, 5.74) is 4.94. The van der Waals surface area contributed by atoms with Gasteiger partial charge in [0.15, 0.2) is 0 Å². The molecule has 0 saturated heterocycles. The molecule has 0 aromatic carbocycles. The van der Waals surface area contributed by atoms with Crippen LogP contribution in [-0.2, 0) is 4.79 Å². The Labute approximate surface area is 65.2 Å². The first-order valence-corrected chi connectivity index (χ1v) is 2.41. The summed E-state index contributed by atoms with van der Waals surface area (Å²) < 4.78 is 0. The Kier molecular flexibility index (Phi) is 7.73. The molecule has 0 aliphatic heterocycles. The molecule has 0 fully saturated rings. The van der Waals surface area contributed by atoms with E-state index in [9.17, 15) is 4.79 Å². The number of aliphatic carboxylic acids is 1. The van der Waals surface area contributed by atoms with Crippen LogP contribution in [0.3, 0.4) is 0 Å². The average Bonchev–Trinajstić information content (AvgIpc) is 1.65. The third-order valence-corrected chi connectivity index (χ3v) is 0.907. The van der Waals surface area contributed by atoms with Crippen LogP contribution in [0.5, 0.6) is 0 Å². The summed E-state index contributed by atoms with van der Waals surface area (Å²) in [6.45, 7) is 0. The van der Waals surface area contributed by atoms with Crippen molar-refractivity contribution in [3.8, 4) is 0 Å². The van der Waals surface area contributed by atoms with E-state index >= 15 is 0 Å². The minimum absolute atomic E-state index is 0. The quantitative estimate of drug-likeness (QED) is 0.328. The topological polar surface area (TPSA) is 63.3 Å². The van der Waals surface area contributed by atoms with Crippen LogP contribution in [0.2, 0.25) is 0 Å². The Morgan fingerprint density at radius 2 is 2.25 bits per heavy atom. The van der Waals surface area contributed by atoms with Crippen molar-refractivity contribution < 1.29 is 9.90 Å². The Balaban J connectivity index is 0. The molecule has 0 amide bonds. The first-order chi connectivity index (χ1) is 3.18. The molecule has 5 heteroatoms. The Morgan fingerprint density at radius 1 is 1.88 bits per heavy atom. The van der Waals surface area contributed by atoms with Crippen molar-refractivity contribution in [1.29, 1.82) is 0 Å². The molecule has 0 heterocycles. The van der Waals surface area contributed by atoms with Gasteiger partial charge >= 0.3 is 5.97 Å². The smallest absolute Gasteiger partial charge is 0.321 e. The summed E-state index contributed by atoms with van der Waals surface area (Å²) >= 11 is 3.65. The summed E-state index contributed by atoms with van der Waals surface area (Å²) in [5, 5.41) is 8.01. The summed E-state index contributed by atoms with van der Waals surface area (Å²) in [5.74, 6) is -0.815. The molecular weight excluding hydrogens is 121 g/mol. The number of hydrogen-bond acceptors (Lipinski definition) is 3. The summed E-state index contributed by atoms with van der Waals surface area (Å²) in [7, 11) is 0. The summed E-state index contributed by atoms with van der Waals surface area (Å²) in [6.07, 6.45) is 0. The van der Waals surface area contributed by atoms with Gasteiger partial charge in [-0.1, -0.05) is 0 Å². The molecule has 0 aliphatic rings. The molecule has 0 aliphatic carbocycles. The minimum Gasteiger partial charge on any atom is -0.480 e. The molecule has 0 saturated carbocycles. The predicted octanol–water partition coefficient (Wildman–Crippen LogP) is -1.05. The van der Waals surface area contributed by atoms with E-state index < -0.39 is 12.0 Å². The largest absolute Gasteiger partial charge is 0.480 e. The van der Waals surface area contributed by atoms with E-state index in [1.807, 2.05) is 0 Å². The van der Waals surface area contributed by atoms with Crippen LogP contribution in [0.25, 0.3) is 0 Å². The Morgan fingerprint density at radius 3 is 2.25 bits per heavy atom. The van der Waals surface area contributed by atoms with Crippen LogP contribution < -0.4 is 5.73 Å². The third kappa shape index (κ3) is 4.53. The van der Waals surface area contributed by atoms with Crippen molar-refractivity contribution in [2.24, 2.45) is 5.73 Å². The fourth-order valence-electron chi connectivity index (χ4n) is 0.0781. The van der Waals surface area contributed by atoms with Crippen LogP contribution in [-0.4, -0.2) is 41.7 Å². The van der Waals surface area contributed by atoms with Crippen molar-refractivity contribution in [2.45, 2.75) is 6.04 Å². The SMILES string of the molecule is N[C@@H](CS)C(=O)O.[Li]. The van der Waals surface area contributed by atoms with Gasteiger partial charge in [-0.3, -0.25) is 4.79 Å². The maximum Gasteiger partial charge on any atom is 0.321 e. The van der Waals surface area contributed by atoms with Gasteiger partial charge in [0.1, 0.15) is 6.04 Å². The van der Waals surface area contributed by atoms with E-state index in [0.29, 0.717) is 0 Å². The zero-order valence-corrected chi connectivity index (χ0v) is 5.56. The number of carbonyl (C=O) groups is 1. The first kappa shape index (κ1) is 11.2. The number of nitrogens with two attached hydrogens (primary N) is 1. The second-order valence-electron chi connectivity index (χ2n) is 1.13. The molecule has 0 spiro atoms. The maximum absolute atomic E-state index is 9.76. The molecule has 0 aromatic rings. The fourth-order valence-corrected chi connectivity index (χ4v) is 0.234. The second-order valence-corrected chi connectivity index (χ2v) is 1.49.